The lowest BCUT2D eigenvalue weighted by molar-refractivity contribution is -0.152. The summed E-state index contributed by atoms with van der Waals surface area (Å²) in [6, 6.07) is 11.0. The largest absolute Gasteiger partial charge is 0.472 e. The first-order valence-electron chi connectivity index (χ1n) is 14.5. The molecular weight excluding hydrogens is 585 g/mol. The zero-order valence-electron chi connectivity index (χ0n) is 24.1. The van der Waals surface area contributed by atoms with Crippen molar-refractivity contribution in [2.75, 3.05) is 12.4 Å². The van der Waals surface area contributed by atoms with Gasteiger partial charge in [-0.05, 0) is 68.7 Å². The summed E-state index contributed by atoms with van der Waals surface area (Å²) in [5.74, 6) is -0.0947. The van der Waals surface area contributed by atoms with Crippen LogP contribution in [0, 0.1) is 30.5 Å². The number of aryl methyl sites for hydroxylation is 1. The molecule has 0 aliphatic heterocycles. The minimum absolute atomic E-state index is 0.0455. The first-order valence-corrected chi connectivity index (χ1v) is 15.9. The van der Waals surface area contributed by atoms with Crippen LogP contribution in [0.3, 0.4) is 0 Å². The molecule has 0 spiro atoms. The van der Waals surface area contributed by atoms with Crippen molar-refractivity contribution in [2.24, 2.45) is 17.8 Å². The van der Waals surface area contributed by atoms with E-state index in [0.717, 1.165) is 41.4 Å². The Bertz CT molecular complexity index is 1970. The molecule has 0 saturated heterocycles. The highest BCUT2D eigenvalue weighted by molar-refractivity contribution is 7.90. The van der Waals surface area contributed by atoms with E-state index >= 15 is 0 Å². The Balaban J connectivity index is 1.38. The van der Waals surface area contributed by atoms with Gasteiger partial charge >= 0.3 is 5.97 Å². The Labute approximate surface area is 253 Å². The zero-order chi connectivity index (χ0) is 30.6. The SMILES string of the molecule is COC(=O)C1C2CCC(CC2)C1Nc1cc(-c2ccoc2)nc(-c2cn(S(=O)(=O)c3ccc(C)cc3)c3ncc(F)cc23)n1. The van der Waals surface area contributed by atoms with Crippen LogP contribution >= 0.6 is 0 Å². The van der Waals surface area contributed by atoms with Crippen molar-refractivity contribution in [1.82, 2.24) is 18.9 Å². The third-order valence-corrected chi connectivity index (χ3v) is 10.6. The molecule has 3 aliphatic rings. The number of fused-ring (bicyclic) bond motifs is 4. The Morgan fingerprint density at radius 3 is 2.52 bits per heavy atom. The van der Waals surface area contributed by atoms with Gasteiger partial charge in [0.2, 0.25) is 0 Å². The van der Waals surface area contributed by atoms with Gasteiger partial charge in [-0.3, -0.25) is 4.79 Å². The molecule has 3 fully saturated rings. The standard InChI is InChI=1S/C32H30FN5O5S/c1-18-3-9-23(10-4-18)44(40,41)38-16-25(24-13-22(33)15-34-31(24)38)30-35-26(21-11-12-43-17-21)14-27(37-30)36-29-20-7-5-19(6-8-20)28(29)32(39)42-2/h3-4,9-17,19-20,28-29H,5-8H2,1-2H3,(H,35,36,37). The molecule has 3 saturated carbocycles. The van der Waals surface area contributed by atoms with E-state index in [-0.39, 0.29) is 57.1 Å². The highest BCUT2D eigenvalue weighted by atomic mass is 32.2. The number of hydrogen-bond donors (Lipinski definition) is 1. The summed E-state index contributed by atoms with van der Waals surface area (Å²) in [5, 5.41) is 3.76. The first kappa shape index (κ1) is 28.2. The van der Waals surface area contributed by atoms with Gasteiger partial charge in [-0.2, -0.15) is 0 Å². The van der Waals surface area contributed by atoms with E-state index in [1.54, 1.807) is 30.5 Å². The molecule has 5 aromatic rings. The molecule has 10 nitrogen and oxygen atoms in total. The van der Waals surface area contributed by atoms with Crippen LogP contribution in [0.1, 0.15) is 31.2 Å². The van der Waals surface area contributed by atoms with Crippen molar-refractivity contribution in [3.05, 3.63) is 78.8 Å². The van der Waals surface area contributed by atoms with E-state index in [1.165, 1.54) is 37.8 Å². The van der Waals surface area contributed by atoms with Crippen LogP contribution in [0.25, 0.3) is 33.7 Å². The second kappa shape index (κ2) is 10.8. The summed E-state index contributed by atoms with van der Waals surface area (Å²) in [6.45, 7) is 1.87. The lowest BCUT2D eigenvalue weighted by Gasteiger charge is -2.47. The van der Waals surface area contributed by atoms with Gasteiger partial charge in [0.1, 0.15) is 11.6 Å². The third kappa shape index (κ3) is 4.83. The van der Waals surface area contributed by atoms with Crippen LogP contribution in [0.2, 0.25) is 0 Å². The Morgan fingerprint density at radius 1 is 1.07 bits per heavy atom. The molecule has 4 heterocycles. The predicted octanol–water partition coefficient (Wildman–Crippen LogP) is 5.83. The molecule has 12 heteroatoms. The monoisotopic (exact) mass is 615 g/mol. The minimum atomic E-state index is -4.10. The second-order valence-corrected chi connectivity index (χ2v) is 13.4. The number of methoxy groups -OCH3 is 1. The number of esters is 1. The molecule has 2 atom stereocenters. The predicted molar refractivity (Wildman–Crippen MR) is 161 cm³/mol. The number of carbonyl (C=O) groups excluding carboxylic acids is 1. The number of rotatable bonds is 7. The summed E-state index contributed by atoms with van der Waals surface area (Å²) in [6.07, 6.45) is 9.38. The number of anilines is 1. The van der Waals surface area contributed by atoms with Crippen molar-refractivity contribution in [1.29, 1.82) is 0 Å². The molecule has 2 unspecified atom stereocenters. The second-order valence-electron chi connectivity index (χ2n) is 11.5. The van der Waals surface area contributed by atoms with Gasteiger partial charge in [-0.1, -0.05) is 17.7 Å². The number of halogens is 1. The van der Waals surface area contributed by atoms with E-state index in [4.69, 9.17) is 19.1 Å². The van der Waals surface area contributed by atoms with Crippen molar-refractivity contribution < 1.29 is 26.8 Å². The number of hydrogen-bond acceptors (Lipinski definition) is 9. The molecule has 4 aromatic heterocycles. The fourth-order valence-corrected chi connectivity index (χ4v) is 8.07. The quantitative estimate of drug-likeness (QED) is 0.225. The molecule has 226 valence electrons. The van der Waals surface area contributed by atoms with Crippen molar-refractivity contribution in [3.8, 4) is 22.6 Å². The summed E-state index contributed by atoms with van der Waals surface area (Å²) < 4.78 is 53.7. The minimum Gasteiger partial charge on any atom is -0.472 e. The number of nitrogens with zero attached hydrogens (tertiary/aromatic N) is 4. The molecule has 0 radical (unpaired) electrons. The Hall–Kier alpha value is -4.58. The molecule has 1 N–H and O–H groups in total. The molecule has 1 aromatic carbocycles. The average molecular weight is 616 g/mol. The maximum atomic E-state index is 14.6. The van der Waals surface area contributed by atoms with Crippen LogP contribution < -0.4 is 5.32 Å². The van der Waals surface area contributed by atoms with Crippen molar-refractivity contribution in [3.63, 3.8) is 0 Å². The number of pyridine rings is 1. The maximum Gasteiger partial charge on any atom is 0.311 e. The molecule has 3 aliphatic carbocycles. The first-order chi connectivity index (χ1) is 21.2. The van der Waals surface area contributed by atoms with Crippen LogP contribution in [0.5, 0.6) is 0 Å². The van der Waals surface area contributed by atoms with E-state index in [2.05, 4.69) is 10.3 Å². The highest BCUT2D eigenvalue weighted by Gasteiger charge is 2.48. The van der Waals surface area contributed by atoms with Crippen LogP contribution in [-0.4, -0.2) is 46.5 Å². The third-order valence-electron chi connectivity index (χ3n) is 8.95. The van der Waals surface area contributed by atoms with Gasteiger partial charge < -0.3 is 14.5 Å². The molecular formula is C32H30FN5O5S. The Morgan fingerprint density at radius 2 is 1.82 bits per heavy atom. The summed E-state index contributed by atoms with van der Waals surface area (Å²) >= 11 is 0. The molecule has 8 rings (SSSR count). The average Bonchev–Trinajstić information content (AvgIpc) is 3.70. The normalized spacial score (nSPS) is 21.4. The lowest BCUT2D eigenvalue weighted by atomic mass is 9.61. The molecule has 2 bridgehead atoms. The lowest BCUT2D eigenvalue weighted by Crippen LogP contribution is -2.51. The van der Waals surface area contributed by atoms with E-state index in [1.807, 2.05) is 6.92 Å². The highest BCUT2D eigenvalue weighted by Crippen LogP contribution is 2.47. The number of ether oxygens (including phenoxy) is 1. The number of benzene rings is 1. The number of carbonyl (C=O) groups is 1. The number of nitrogens with one attached hydrogen (secondary N) is 1. The fourth-order valence-electron chi connectivity index (χ4n) is 6.74. The summed E-state index contributed by atoms with van der Waals surface area (Å²) in [5.41, 5.74) is 2.42. The topological polar surface area (TPSA) is 129 Å². The van der Waals surface area contributed by atoms with Crippen LogP contribution in [0.15, 0.2) is 76.7 Å². The number of furan rings is 1. The zero-order valence-corrected chi connectivity index (χ0v) is 24.9. The van der Waals surface area contributed by atoms with Gasteiger partial charge in [-0.25, -0.2) is 31.7 Å². The molecule has 0 amide bonds. The van der Waals surface area contributed by atoms with Crippen LogP contribution in [0.4, 0.5) is 10.2 Å². The van der Waals surface area contributed by atoms with Gasteiger partial charge in [-0.15, -0.1) is 0 Å². The van der Waals surface area contributed by atoms with E-state index < -0.39 is 15.8 Å². The van der Waals surface area contributed by atoms with Crippen LogP contribution in [-0.2, 0) is 19.6 Å². The van der Waals surface area contributed by atoms with Crippen molar-refractivity contribution >= 4 is 32.8 Å². The van der Waals surface area contributed by atoms with Gasteiger partial charge in [0, 0.05) is 34.8 Å². The fraction of sp³-hybridized carbons (Fsp3) is 0.312. The van der Waals surface area contributed by atoms with E-state index in [0.29, 0.717) is 17.1 Å². The molecule has 44 heavy (non-hydrogen) atoms. The summed E-state index contributed by atoms with van der Waals surface area (Å²) in [4.78, 5) is 26.7. The van der Waals surface area contributed by atoms with Gasteiger partial charge in [0.05, 0.1) is 42.3 Å². The Kier molecular flexibility index (Phi) is 6.95. The van der Waals surface area contributed by atoms with E-state index in [9.17, 15) is 17.6 Å². The maximum absolute atomic E-state index is 14.6. The van der Waals surface area contributed by atoms with Gasteiger partial charge in [0.15, 0.2) is 11.5 Å². The number of aromatic nitrogens is 4. The smallest absolute Gasteiger partial charge is 0.311 e. The summed E-state index contributed by atoms with van der Waals surface area (Å²) in [7, 11) is -2.69. The van der Waals surface area contributed by atoms with Gasteiger partial charge in [0.25, 0.3) is 10.0 Å². The van der Waals surface area contributed by atoms with Crippen molar-refractivity contribution in [2.45, 2.75) is 43.5 Å².